The van der Waals surface area contributed by atoms with E-state index in [9.17, 15) is 13.0 Å². The second-order valence-corrected chi connectivity index (χ2v) is 7.06. The molecule has 1 heterocycles. The van der Waals surface area contributed by atoms with Gasteiger partial charge in [-0.25, -0.2) is 0 Å². The average molecular weight is 419 g/mol. The van der Waals surface area contributed by atoms with Crippen LogP contribution in [0.3, 0.4) is 0 Å². The molecular weight excluding hydrogens is 408 g/mol. The fourth-order valence-corrected chi connectivity index (χ4v) is 2.91. The van der Waals surface area contributed by atoms with Gasteiger partial charge in [0.25, 0.3) is 10.1 Å². The van der Waals surface area contributed by atoms with Crippen LogP contribution in [-0.2, 0) is 10.1 Å². The van der Waals surface area contributed by atoms with Crippen molar-refractivity contribution < 1.29 is 17.7 Å². The van der Waals surface area contributed by atoms with E-state index in [2.05, 4.69) is 25.9 Å². The van der Waals surface area contributed by atoms with Crippen LogP contribution < -0.4 is 10.1 Å². The third-order valence-corrected chi connectivity index (χ3v) is 4.50. The Morgan fingerprint density at radius 3 is 2.57 bits per heavy atom. The van der Waals surface area contributed by atoms with Crippen LogP contribution in [0.4, 0.5) is 5.69 Å². The van der Waals surface area contributed by atoms with Gasteiger partial charge < -0.3 is 10.1 Å². The lowest BCUT2D eigenvalue weighted by molar-refractivity contribution is 0.472. The zero-order chi connectivity index (χ0) is 20.1. The summed E-state index contributed by atoms with van der Waals surface area (Å²) in [6, 6.07) is 12.3. The first-order valence-corrected chi connectivity index (χ1v) is 9.34. The van der Waals surface area contributed by atoms with Gasteiger partial charge in [0.05, 0.1) is 5.69 Å². The molecule has 0 aliphatic rings. The molecule has 0 saturated heterocycles. The summed E-state index contributed by atoms with van der Waals surface area (Å²) in [6.07, 6.45) is 1.19. The summed E-state index contributed by atoms with van der Waals surface area (Å²) in [5, 5.41) is 25.2. The minimum Gasteiger partial charge on any atom is -0.457 e. The molecule has 0 atom stereocenters. The summed E-state index contributed by atoms with van der Waals surface area (Å²) in [6.45, 7) is 0. The predicted molar refractivity (Wildman–Crippen MR) is 99.2 cm³/mol. The molecule has 0 amide bonds. The first-order valence-electron chi connectivity index (χ1n) is 7.52. The minimum absolute atomic E-state index is 0.00321. The highest BCUT2D eigenvalue weighted by molar-refractivity contribution is 7.86. The lowest BCUT2D eigenvalue weighted by Gasteiger charge is -2.11. The molecule has 0 bridgehead atoms. The number of rotatable bonds is 6. The van der Waals surface area contributed by atoms with Crippen molar-refractivity contribution in [3.63, 3.8) is 0 Å². The highest BCUT2D eigenvalue weighted by atomic mass is 35.5. The zero-order valence-electron chi connectivity index (χ0n) is 13.9. The first-order chi connectivity index (χ1) is 13.4. The molecule has 0 spiro atoms. The third-order valence-electron chi connectivity index (χ3n) is 3.36. The van der Waals surface area contributed by atoms with Crippen molar-refractivity contribution in [2.75, 3.05) is 5.32 Å². The number of aromatic amines is 1. The van der Waals surface area contributed by atoms with E-state index in [1.165, 1.54) is 18.3 Å². The average Bonchev–Trinajstić information content (AvgIpc) is 3.19. The molecule has 142 valence electrons. The maximum absolute atomic E-state index is 11.8. The van der Waals surface area contributed by atoms with Crippen molar-refractivity contribution in [2.45, 2.75) is 4.90 Å². The Bertz CT molecular complexity index is 1150. The summed E-state index contributed by atoms with van der Waals surface area (Å²) in [7, 11) is -4.59. The van der Waals surface area contributed by atoms with Crippen molar-refractivity contribution in [1.82, 2.24) is 20.6 Å². The largest absolute Gasteiger partial charge is 0.457 e. The first kappa shape index (κ1) is 19.3. The van der Waals surface area contributed by atoms with Gasteiger partial charge in [0.15, 0.2) is 0 Å². The molecule has 0 saturated carbocycles. The number of aromatic nitrogens is 4. The lowest BCUT2D eigenvalue weighted by atomic mass is 10.2. The van der Waals surface area contributed by atoms with Crippen LogP contribution >= 0.6 is 11.6 Å². The number of nitriles is 1. The van der Waals surface area contributed by atoms with E-state index >= 15 is 0 Å². The van der Waals surface area contributed by atoms with Crippen molar-refractivity contribution in [3.05, 3.63) is 59.5 Å². The van der Waals surface area contributed by atoms with Gasteiger partial charge in [0.2, 0.25) is 5.82 Å². The fraction of sp³-hybridized carbons (Fsp3) is 0. The number of anilines is 1. The maximum atomic E-state index is 11.8. The smallest absolute Gasteiger partial charge is 0.296 e. The van der Waals surface area contributed by atoms with Gasteiger partial charge in [-0.2, -0.15) is 18.9 Å². The van der Waals surface area contributed by atoms with Crippen molar-refractivity contribution in [2.24, 2.45) is 0 Å². The zero-order valence-corrected chi connectivity index (χ0v) is 15.4. The van der Waals surface area contributed by atoms with Gasteiger partial charge in [0, 0.05) is 17.3 Å². The number of benzene rings is 2. The Hall–Kier alpha value is -3.46. The van der Waals surface area contributed by atoms with Gasteiger partial charge in [-0.15, -0.1) is 10.2 Å². The van der Waals surface area contributed by atoms with Crippen LogP contribution in [0.15, 0.2) is 53.6 Å². The molecule has 3 rings (SSSR count). The summed E-state index contributed by atoms with van der Waals surface area (Å²) >= 11 is 5.81. The molecule has 0 fully saturated rings. The van der Waals surface area contributed by atoms with E-state index in [0.717, 1.165) is 6.07 Å². The third kappa shape index (κ3) is 4.63. The number of ether oxygens (including phenoxy) is 1. The number of hydrogen-bond donors (Lipinski definition) is 3. The van der Waals surface area contributed by atoms with Crippen LogP contribution in [0, 0.1) is 11.3 Å². The number of hydrogen-bond acceptors (Lipinski definition) is 8. The molecule has 0 unspecified atom stereocenters. The SMILES string of the molecule is N#CC(=CNc1ccc(Oc2ccc(Cl)cc2)cc1S(=O)(=O)O)c1nn[nH]n1. The van der Waals surface area contributed by atoms with E-state index < -0.39 is 15.0 Å². The van der Waals surface area contributed by atoms with Crippen molar-refractivity contribution in [3.8, 4) is 17.6 Å². The summed E-state index contributed by atoms with van der Waals surface area (Å²) in [4.78, 5) is -0.444. The second kappa shape index (κ2) is 8.05. The Balaban J connectivity index is 1.91. The van der Waals surface area contributed by atoms with Crippen LogP contribution in [0.2, 0.25) is 5.02 Å². The lowest BCUT2D eigenvalue weighted by Crippen LogP contribution is -2.04. The van der Waals surface area contributed by atoms with Crippen LogP contribution in [0.25, 0.3) is 5.57 Å². The van der Waals surface area contributed by atoms with Crippen LogP contribution in [0.1, 0.15) is 5.82 Å². The molecule has 3 aromatic rings. The Morgan fingerprint density at radius 2 is 1.96 bits per heavy atom. The molecule has 10 nitrogen and oxygen atoms in total. The topological polar surface area (TPSA) is 154 Å². The van der Waals surface area contributed by atoms with Gasteiger partial charge in [-0.3, -0.25) is 4.55 Å². The number of halogens is 1. The minimum atomic E-state index is -4.59. The number of nitrogens with one attached hydrogen (secondary N) is 2. The molecule has 1 aromatic heterocycles. The summed E-state index contributed by atoms with van der Waals surface area (Å²) in [5.41, 5.74) is 0.0127. The van der Waals surface area contributed by atoms with E-state index in [0.29, 0.717) is 10.8 Å². The van der Waals surface area contributed by atoms with Gasteiger partial charge in [-0.1, -0.05) is 11.6 Å². The summed E-state index contributed by atoms with van der Waals surface area (Å²) < 4.78 is 38.6. The summed E-state index contributed by atoms with van der Waals surface area (Å²) in [5.74, 6) is 0.615. The number of tetrazole rings is 1. The number of allylic oxidation sites excluding steroid dienone is 1. The Labute approximate surface area is 164 Å². The fourth-order valence-electron chi connectivity index (χ4n) is 2.11. The molecule has 0 radical (unpaired) electrons. The molecule has 12 heteroatoms. The van der Waals surface area contributed by atoms with Gasteiger partial charge >= 0.3 is 0 Å². The van der Waals surface area contributed by atoms with Gasteiger partial charge in [-0.05, 0) is 41.6 Å². The van der Waals surface area contributed by atoms with Crippen LogP contribution in [0.5, 0.6) is 11.5 Å². The molecule has 28 heavy (non-hydrogen) atoms. The van der Waals surface area contributed by atoms with Crippen molar-refractivity contribution in [1.29, 1.82) is 5.26 Å². The van der Waals surface area contributed by atoms with Gasteiger partial charge in [0.1, 0.15) is 28.0 Å². The molecule has 0 aliphatic carbocycles. The van der Waals surface area contributed by atoms with E-state index in [1.54, 1.807) is 24.3 Å². The molecule has 0 aliphatic heterocycles. The number of nitrogens with zero attached hydrogens (tertiary/aromatic N) is 4. The highest BCUT2D eigenvalue weighted by Crippen LogP contribution is 2.30. The normalized spacial score (nSPS) is 11.7. The molecule has 3 N–H and O–H groups in total. The standard InChI is InChI=1S/C16H11ClN6O4S/c17-11-1-3-12(4-2-11)27-13-5-6-14(15(7-13)28(24,25)26)19-9-10(8-18)16-20-22-23-21-16/h1-7,9,19H,(H,24,25,26)(H,20,21,22,23). The van der Waals surface area contributed by atoms with E-state index in [-0.39, 0.29) is 22.8 Å². The second-order valence-electron chi connectivity index (χ2n) is 5.24. The van der Waals surface area contributed by atoms with Crippen molar-refractivity contribution >= 4 is 33.0 Å². The predicted octanol–water partition coefficient (Wildman–Crippen LogP) is 2.87. The Morgan fingerprint density at radius 1 is 1.25 bits per heavy atom. The van der Waals surface area contributed by atoms with E-state index in [4.69, 9.17) is 21.6 Å². The quantitative estimate of drug-likeness (QED) is 0.404. The monoisotopic (exact) mass is 418 g/mol. The molecular formula is C16H11ClN6O4S. The molecule has 2 aromatic carbocycles. The number of H-pyrrole nitrogens is 1. The van der Waals surface area contributed by atoms with Crippen LogP contribution in [-0.4, -0.2) is 33.6 Å². The Kier molecular flexibility index (Phi) is 5.55. The van der Waals surface area contributed by atoms with E-state index in [1.807, 2.05) is 6.07 Å². The highest BCUT2D eigenvalue weighted by Gasteiger charge is 2.17. The maximum Gasteiger partial charge on any atom is 0.296 e.